The molecule has 0 N–H and O–H groups in total. The zero-order chi connectivity index (χ0) is 19.3. The van der Waals surface area contributed by atoms with E-state index in [1.54, 1.807) is 18.1 Å². The SMILES string of the molecule is Cn1cc(N2CCC3(CN(C(=O)OC(C)(C)C)C3)C2)c(C#N)c(Br)c1=O. The third-order valence-electron chi connectivity index (χ3n) is 4.89. The van der Waals surface area contributed by atoms with Crippen LogP contribution in [-0.2, 0) is 11.8 Å². The van der Waals surface area contributed by atoms with Crippen LogP contribution in [0.2, 0.25) is 0 Å². The first-order chi connectivity index (χ1) is 12.1. The molecular formula is C18H23BrN4O3. The summed E-state index contributed by atoms with van der Waals surface area (Å²) in [6, 6.07) is 2.14. The Morgan fingerprint density at radius 1 is 1.35 bits per heavy atom. The summed E-state index contributed by atoms with van der Waals surface area (Å²) in [5.74, 6) is 0. The van der Waals surface area contributed by atoms with E-state index < -0.39 is 5.60 Å². The summed E-state index contributed by atoms with van der Waals surface area (Å²) >= 11 is 3.25. The summed E-state index contributed by atoms with van der Waals surface area (Å²) in [5.41, 5.74) is 0.441. The Morgan fingerprint density at radius 2 is 2.00 bits per heavy atom. The molecule has 2 aliphatic heterocycles. The number of amides is 1. The molecule has 140 valence electrons. The second-order valence-electron chi connectivity index (χ2n) is 8.24. The van der Waals surface area contributed by atoms with Gasteiger partial charge in [-0.15, -0.1) is 0 Å². The van der Waals surface area contributed by atoms with Gasteiger partial charge in [-0.2, -0.15) is 5.26 Å². The molecule has 2 aliphatic rings. The van der Waals surface area contributed by atoms with E-state index >= 15 is 0 Å². The zero-order valence-corrected chi connectivity index (χ0v) is 17.1. The molecule has 0 atom stereocenters. The van der Waals surface area contributed by atoms with Crippen LogP contribution in [0.4, 0.5) is 10.5 Å². The van der Waals surface area contributed by atoms with Crippen LogP contribution in [-0.4, -0.2) is 47.3 Å². The fraction of sp³-hybridized carbons (Fsp3) is 0.611. The largest absolute Gasteiger partial charge is 0.444 e. The molecule has 0 saturated carbocycles. The van der Waals surface area contributed by atoms with Gasteiger partial charge in [0.1, 0.15) is 16.1 Å². The van der Waals surface area contributed by atoms with Crippen LogP contribution in [0.3, 0.4) is 0 Å². The van der Waals surface area contributed by atoms with Crippen molar-refractivity contribution in [2.45, 2.75) is 32.8 Å². The van der Waals surface area contributed by atoms with Gasteiger partial charge < -0.3 is 19.1 Å². The second-order valence-corrected chi connectivity index (χ2v) is 9.03. The van der Waals surface area contributed by atoms with E-state index in [0.29, 0.717) is 23.1 Å². The van der Waals surface area contributed by atoms with Gasteiger partial charge in [0, 0.05) is 44.8 Å². The summed E-state index contributed by atoms with van der Waals surface area (Å²) in [7, 11) is 1.68. The van der Waals surface area contributed by atoms with E-state index in [1.807, 2.05) is 20.8 Å². The van der Waals surface area contributed by atoms with Crippen LogP contribution in [0.15, 0.2) is 15.5 Å². The second kappa shape index (κ2) is 6.31. The average Bonchev–Trinajstić information content (AvgIpc) is 2.94. The number of hydrogen-bond acceptors (Lipinski definition) is 5. The number of aryl methyl sites for hydroxylation is 1. The third kappa shape index (κ3) is 3.32. The lowest BCUT2D eigenvalue weighted by molar-refractivity contribution is -0.0266. The number of ether oxygens (including phenoxy) is 1. The van der Waals surface area contributed by atoms with Crippen LogP contribution in [0.1, 0.15) is 32.8 Å². The van der Waals surface area contributed by atoms with Crippen molar-refractivity contribution in [3.63, 3.8) is 0 Å². The van der Waals surface area contributed by atoms with Crippen LogP contribution in [0.25, 0.3) is 0 Å². The van der Waals surface area contributed by atoms with E-state index in [-0.39, 0.29) is 17.1 Å². The Bertz CT molecular complexity index is 844. The Balaban J connectivity index is 1.73. The minimum atomic E-state index is -0.496. The van der Waals surface area contributed by atoms with Crippen molar-refractivity contribution in [1.82, 2.24) is 9.47 Å². The summed E-state index contributed by atoms with van der Waals surface area (Å²) in [5, 5.41) is 9.47. The first kappa shape index (κ1) is 18.8. The number of halogens is 1. The Labute approximate surface area is 161 Å². The normalized spacial score (nSPS) is 18.6. The molecule has 0 unspecified atom stereocenters. The number of nitrogens with zero attached hydrogens (tertiary/aromatic N) is 4. The van der Waals surface area contributed by atoms with Crippen molar-refractivity contribution >= 4 is 27.7 Å². The monoisotopic (exact) mass is 422 g/mol. The lowest BCUT2D eigenvalue weighted by Gasteiger charge is -2.47. The minimum absolute atomic E-state index is 0.0326. The Morgan fingerprint density at radius 3 is 2.58 bits per heavy atom. The number of likely N-dealkylation sites (tertiary alicyclic amines) is 1. The van der Waals surface area contributed by atoms with Crippen molar-refractivity contribution in [1.29, 1.82) is 5.26 Å². The molecule has 8 heteroatoms. The maximum atomic E-state index is 12.2. The lowest BCUT2D eigenvalue weighted by Crippen LogP contribution is -2.60. The number of carbonyl (C=O) groups is 1. The van der Waals surface area contributed by atoms with Gasteiger partial charge in [-0.1, -0.05) is 0 Å². The number of aromatic nitrogens is 1. The summed E-state index contributed by atoms with van der Waals surface area (Å²) in [6.07, 6.45) is 2.39. The molecule has 1 spiro atoms. The van der Waals surface area contributed by atoms with Crippen molar-refractivity contribution in [3.8, 4) is 6.07 Å². The minimum Gasteiger partial charge on any atom is -0.444 e. The van der Waals surface area contributed by atoms with Gasteiger partial charge >= 0.3 is 6.09 Å². The van der Waals surface area contributed by atoms with Gasteiger partial charge in [-0.25, -0.2) is 4.79 Å². The molecule has 0 aliphatic carbocycles. The van der Waals surface area contributed by atoms with Crippen molar-refractivity contribution < 1.29 is 9.53 Å². The molecule has 1 aromatic rings. The lowest BCUT2D eigenvalue weighted by atomic mass is 9.79. The fourth-order valence-electron chi connectivity index (χ4n) is 3.64. The van der Waals surface area contributed by atoms with Crippen LogP contribution in [0.5, 0.6) is 0 Å². The molecule has 1 amide bonds. The number of hydrogen-bond donors (Lipinski definition) is 0. The van der Waals surface area contributed by atoms with Crippen molar-refractivity contribution in [3.05, 3.63) is 26.6 Å². The van der Waals surface area contributed by atoms with E-state index in [1.165, 1.54) is 4.57 Å². The van der Waals surface area contributed by atoms with Gasteiger partial charge in [-0.3, -0.25) is 4.79 Å². The highest BCUT2D eigenvalue weighted by Gasteiger charge is 2.50. The van der Waals surface area contributed by atoms with Gasteiger partial charge in [-0.05, 0) is 43.1 Å². The summed E-state index contributed by atoms with van der Waals surface area (Å²) < 4.78 is 7.20. The van der Waals surface area contributed by atoms with Gasteiger partial charge in [0.25, 0.3) is 5.56 Å². The topological polar surface area (TPSA) is 78.6 Å². The quantitative estimate of drug-likeness (QED) is 0.694. The van der Waals surface area contributed by atoms with Crippen molar-refractivity contribution in [2.75, 3.05) is 31.1 Å². The first-order valence-corrected chi connectivity index (χ1v) is 9.37. The molecule has 0 aromatic carbocycles. The highest BCUT2D eigenvalue weighted by atomic mass is 79.9. The maximum absolute atomic E-state index is 12.2. The molecule has 3 rings (SSSR count). The number of anilines is 1. The van der Waals surface area contributed by atoms with E-state index in [2.05, 4.69) is 26.9 Å². The van der Waals surface area contributed by atoms with E-state index in [4.69, 9.17) is 4.74 Å². The molecule has 26 heavy (non-hydrogen) atoms. The predicted octanol–water partition coefficient (Wildman–Crippen LogP) is 2.47. The summed E-state index contributed by atoms with van der Waals surface area (Å²) in [6.45, 7) is 8.45. The molecular weight excluding hydrogens is 400 g/mol. The van der Waals surface area contributed by atoms with Crippen molar-refractivity contribution in [2.24, 2.45) is 12.5 Å². The predicted molar refractivity (Wildman–Crippen MR) is 101 cm³/mol. The first-order valence-electron chi connectivity index (χ1n) is 8.57. The molecule has 1 aromatic heterocycles. The van der Waals surface area contributed by atoms with Gasteiger partial charge in [0.15, 0.2) is 0 Å². The van der Waals surface area contributed by atoms with Crippen LogP contribution < -0.4 is 10.5 Å². The standard InChI is InChI=1S/C18H23BrN4O3/c1-17(2,3)26-16(25)23-10-18(11-23)5-6-22(9-18)13-8-21(4)15(24)14(19)12(13)7-20/h8H,5-6,9-11H2,1-4H3. The Hall–Kier alpha value is -2.01. The number of pyridine rings is 1. The molecule has 3 heterocycles. The van der Waals surface area contributed by atoms with E-state index in [0.717, 1.165) is 25.2 Å². The number of rotatable bonds is 1. The van der Waals surface area contributed by atoms with E-state index in [9.17, 15) is 14.9 Å². The molecule has 7 nitrogen and oxygen atoms in total. The maximum Gasteiger partial charge on any atom is 0.410 e. The van der Waals surface area contributed by atoms with Gasteiger partial charge in [0.2, 0.25) is 0 Å². The summed E-state index contributed by atoms with van der Waals surface area (Å²) in [4.78, 5) is 28.1. The third-order valence-corrected chi connectivity index (χ3v) is 5.63. The molecule has 0 radical (unpaired) electrons. The molecule has 2 fully saturated rings. The molecule has 0 bridgehead atoms. The smallest absolute Gasteiger partial charge is 0.410 e. The Kier molecular flexibility index (Phi) is 4.55. The van der Waals surface area contributed by atoms with Crippen LogP contribution in [0, 0.1) is 16.7 Å². The van der Waals surface area contributed by atoms with Gasteiger partial charge in [0.05, 0.1) is 11.3 Å². The highest BCUT2D eigenvalue weighted by Crippen LogP contribution is 2.42. The zero-order valence-electron chi connectivity index (χ0n) is 15.5. The number of nitriles is 1. The average molecular weight is 423 g/mol. The fourth-order valence-corrected chi connectivity index (χ4v) is 4.22. The number of carbonyl (C=O) groups excluding carboxylic acids is 1. The molecule has 2 saturated heterocycles. The highest BCUT2D eigenvalue weighted by molar-refractivity contribution is 9.10. The van der Waals surface area contributed by atoms with Crippen LogP contribution >= 0.6 is 15.9 Å².